The number of likely N-dealkylation sites (N-methyl/N-ethyl adjacent to an activating group) is 1. The molecule has 0 amide bonds. The van der Waals surface area contributed by atoms with Crippen LogP contribution in [-0.2, 0) is 14.2 Å². The zero-order valence-electron chi connectivity index (χ0n) is 11.8. The minimum Gasteiger partial charge on any atom is -1.00 e. The number of nitrogens with zero attached hydrogens (tertiary/aromatic N) is 1. The van der Waals surface area contributed by atoms with Gasteiger partial charge in [0.2, 0.25) is 0 Å². The van der Waals surface area contributed by atoms with E-state index in [1.54, 1.807) is 21.3 Å². The number of rotatable bonds is 8. The molecule has 0 saturated carbocycles. The topological polar surface area (TPSA) is 27.7 Å². The average molecular weight is 284 g/mol. The molecule has 0 heterocycles. The van der Waals surface area contributed by atoms with Crippen LogP contribution in [0.5, 0.6) is 0 Å². The van der Waals surface area contributed by atoms with Crippen molar-refractivity contribution >= 4 is 10.2 Å². The highest BCUT2D eigenvalue weighted by Gasteiger charge is 2.36. The molecule has 0 fully saturated rings. The highest BCUT2D eigenvalue weighted by atomic mass is 35.5. The number of quaternary nitrogens is 1. The van der Waals surface area contributed by atoms with Gasteiger partial charge in [-0.25, -0.2) is 0 Å². The van der Waals surface area contributed by atoms with E-state index in [1.807, 2.05) is 6.08 Å². The van der Waals surface area contributed by atoms with Crippen molar-refractivity contribution in [3.8, 4) is 0 Å². The van der Waals surface area contributed by atoms with E-state index in [-0.39, 0.29) is 18.6 Å². The van der Waals surface area contributed by atoms with Crippen molar-refractivity contribution < 1.29 is 31.1 Å². The summed E-state index contributed by atoms with van der Waals surface area (Å²) in [4.78, 5) is 0. The van der Waals surface area contributed by atoms with E-state index in [0.29, 0.717) is 0 Å². The second kappa shape index (κ2) is 8.23. The Morgan fingerprint density at radius 3 is 2.06 bits per heavy atom. The lowest BCUT2D eigenvalue weighted by Gasteiger charge is -2.40. The van der Waals surface area contributed by atoms with Crippen LogP contribution in [-0.4, -0.2) is 68.3 Å². The van der Waals surface area contributed by atoms with Crippen LogP contribution in [0, 0.1) is 0 Å². The van der Waals surface area contributed by atoms with E-state index >= 15 is 0 Å². The molecule has 0 aromatic carbocycles. The number of hydrogen-bond donors (Lipinski definition) is 0. The van der Waals surface area contributed by atoms with Crippen LogP contribution in [0.15, 0.2) is 12.7 Å². The van der Waals surface area contributed by atoms with Gasteiger partial charge in [-0.15, -0.1) is 0 Å². The van der Waals surface area contributed by atoms with Crippen LogP contribution in [0.2, 0.25) is 0 Å². The third-order valence-electron chi connectivity index (χ3n) is 3.06. The Balaban J connectivity index is 0. The molecule has 0 spiro atoms. The first-order chi connectivity index (χ1) is 7.35. The fraction of sp³-hybridized carbons (Fsp3) is 0.818. The van der Waals surface area contributed by atoms with E-state index in [9.17, 15) is 0 Å². The van der Waals surface area contributed by atoms with Gasteiger partial charge in [-0.2, -0.15) is 0 Å². The molecule has 0 radical (unpaired) electrons. The van der Waals surface area contributed by atoms with Crippen molar-refractivity contribution in [2.24, 2.45) is 0 Å². The lowest BCUT2D eigenvalue weighted by Crippen LogP contribution is -3.00. The molecule has 0 N–H and O–H groups in total. The van der Waals surface area contributed by atoms with Crippen LogP contribution in [0.1, 0.15) is 6.42 Å². The summed E-state index contributed by atoms with van der Waals surface area (Å²) in [6.45, 7) is 4.63. The first kappa shape index (κ1) is 19.4. The minimum atomic E-state index is -0.475. The summed E-state index contributed by atoms with van der Waals surface area (Å²) < 4.78 is 17.1. The zero-order chi connectivity index (χ0) is 12.8. The Morgan fingerprint density at radius 1 is 1.29 bits per heavy atom. The van der Waals surface area contributed by atoms with E-state index in [0.717, 1.165) is 27.7 Å². The normalized spacial score (nSPS) is 14.2. The van der Waals surface area contributed by atoms with E-state index in [1.165, 1.54) is 0 Å². The van der Waals surface area contributed by atoms with Crippen LogP contribution in [0.4, 0.5) is 0 Å². The maximum Gasteiger partial charge on any atom is 0.197 e. The quantitative estimate of drug-likeness (QED) is 0.205. The monoisotopic (exact) mass is 283 g/mol. The van der Waals surface area contributed by atoms with Gasteiger partial charge < -0.3 is 31.1 Å². The Kier molecular flexibility index (Phi) is 9.41. The summed E-state index contributed by atoms with van der Waals surface area (Å²) in [5, 5.41) is 0. The fourth-order valence-corrected chi connectivity index (χ4v) is 1.98. The summed E-state index contributed by atoms with van der Waals surface area (Å²) in [7, 11) is 10.1. The second-order valence-corrected chi connectivity index (χ2v) is 6.21. The molecule has 0 aliphatic rings. The maximum absolute atomic E-state index is 5.55. The predicted molar refractivity (Wildman–Crippen MR) is 69.3 cm³/mol. The summed E-state index contributed by atoms with van der Waals surface area (Å²) >= 11 is 0. The molecule has 0 rings (SSSR count). The van der Waals surface area contributed by atoms with Crippen LogP contribution in [0.3, 0.4) is 0 Å². The number of hydrogen-bond acceptors (Lipinski definition) is 3. The van der Waals surface area contributed by atoms with Crippen molar-refractivity contribution in [3.05, 3.63) is 12.7 Å². The number of methoxy groups -OCH3 is 3. The lowest BCUT2D eigenvalue weighted by molar-refractivity contribution is -0.933. The molecule has 0 bridgehead atoms. The highest BCUT2D eigenvalue weighted by Crippen LogP contribution is 2.21. The molecule has 17 heavy (non-hydrogen) atoms. The van der Waals surface area contributed by atoms with Crippen molar-refractivity contribution in [1.82, 2.24) is 0 Å². The summed E-state index contributed by atoms with van der Waals surface area (Å²) in [6.07, 6.45) is 2.67. The molecule has 1 unspecified atom stereocenters. The van der Waals surface area contributed by atoms with Crippen molar-refractivity contribution in [2.45, 2.75) is 18.1 Å². The van der Waals surface area contributed by atoms with Crippen molar-refractivity contribution in [3.63, 3.8) is 0 Å². The molecule has 0 aliphatic carbocycles. The summed E-state index contributed by atoms with van der Waals surface area (Å²) in [5.41, 5.74) is -0.475. The average Bonchev–Trinajstić information content (AvgIpc) is 2.25. The van der Waals surface area contributed by atoms with Gasteiger partial charge >= 0.3 is 0 Å². The summed E-state index contributed by atoms with van der Waals surface area (Å²) in [5.74, 6) is 0. The summed E-state index contributed by atoms with van der Waals surface area (Å²) in [6, 6.07) is 0. The molecule has 0 saturated heterocycles. The smallest absolute Gasteiger partial charge is 0.197 e. The second-order valence-electron chi connectivity index (χ2n) is 4.69. The van der Waals surface area contributed by atoms with Crippen LogP contribution < -0.4 is 12.4 Å². The van der Waals surface area contributed by atoms with Crippen LogP contribution >= 0.6 is 0 Å². The molecular formula is C11H26ClNO3Si. The number of halogens is 1. The van der Waals surface area contributed by atoms with Gasteiger partial charge in [-0.3, -0.25) is 0 Å². The predicted octanol–water partition coefficient (Wildman–Crippen LogP) is -3.07. The van der Waals surface area contributed by atoms with E-state index < -0.39 is 5.41 Å². The zero-order valence-corrected chi connectivity index (χ0v) is 14.6. The SMILES string of the molecule is C=CC[N+](C)(C)C(CC([SiH3])(OC)OC)OC.[Cl-]. The Morgan fingerprint density at radius 2 is 1.76 bits per heavy atom. The van der Waals surface area contributed by atoms with Gasteiger partial charge in [0, 0.05) is 21.3 Å². The molecule has 0 aromatic rings. The Bertz CT molecular complexity index is 223. The maximum atomic E-state index is 5.55. The largest absolute Gasteiger partial charge is 1.00 e. The van der Waals surface area contributed by atoms with Gasteiger partial charge in [0.1, 0.15) is 5.41 Å². The van der Waals surface area contributed by atoms with E-state index in [2.05, 4.69) is 20.7 Å². The first-order valence-electron chi connectivity index (χ1n) is 5.42. The molecule has 0 aromatic heterocycles. The first-order valence-corrected chi connectivity index (χ1v) is 6.42. The van der Waals surface area contributed by atoms with Gasteiger partial charge in [-0.05, 0) is 6.08 Å². The van der Waals surface area contributed by atoms with Gasteiger partial charge in [-0.1, -0.05) is 6.58 Å². The number of ether oxygens (including phenoxy) is 3. The Labute approximate surface area is 114 Å². The fourth-order valence-electron chi connectivity index (χ4n) is 1.63. The minimum absolute atomic E-state index is 0. The third kappa shape index (κ3) is 5.99. The van der Waals surface area contributed by atoms with Crippen molar-refractivity contribution in [2.75, 3.05) is 42.0 Å². The standard InChI is InChI=1S/C11H26NO3Si.ClH/c1-7-8-12(2,3)10(13-4)9-11(16,14-5)15-6;/h7,10H,1,8-9H2,2-6,16H3;1H/q+1;/p-1. The van der Waals surface area contributed by atoms with Crippen molar-refractivity contribution in [1.29, 1.82) is 0 Å². The molecule has 1 atom stereocenters. The van der Waals surface area contributed by atoms with Gasteiger partial charge in [0.15, 0.2) is 6.23 Å². The Hall–Kier alpha value is 0.0869. The lowest BCUT2D eigenvalue weighted by atomic mass is 10.2. The molecule has 6 heteroatoms. The third-order valence-corrected chi connectivity index (χ3v) is 4.29. The highest BCUT2D eigenvalue weighted by molar-refractivity contribution is 6.13. The van der Waals surface area contributed by atoms with Gasteiger partial charge in [0.05, 0.1) is 37.3 Å². The van der Waals surface area contributed by atoms with Crippen LogP contribution in [0.25, 0.3) is 0 Å². The van der Waals surface area contributed by atoms with E-state index in [4.69, 9.17) is 14.2 Å². The molecule has 0 aliphatic heterocycles. The molecule has 104 valence electrons. The molecular weight excluding hydrogens is 258 g/mol. The molecule has 4 nitrogen and oxygen atoms in total. The van der Waals surface area contributed by atoms with Gasteiger partial charge in [0.25, 0.3) is 0 Å².